The van der Waals surface area contributed by atoms with Crippen LogP contribution < -0.4 is 10.9 Å². The predicted octanol–water partition coefficient (Wildman–Crippen LogP) is 2.51. The number of pyridine rings is 1. The van der Waals surface area contributed by atoms with Crippen LogP contribution in [0.5, 0.6) is 0 Å². The molecule has 2 heterocycles. The smallest absolute Gasteiger partial charge is 0.255 e. The molecule has 1 aliphatic heterocycles. The summed E-state index contributed by atoms with van der Waals surface area (Å²) in [7, 11) is 0. The second-order valence-electron chi connectivity index (χ2n) is 5.09. The van der Waals surface area contributed by atoms with Gasteiger partial charge in [0.25, 0.3) is 5.56 Å². The molecule has 1 aromatic heterocycles. The lowest BCUT2D eigenvalue weighted by Crippen LogP contribution is -2.28. The van der Waals surface area contributed by atoms with Gasteiger partial charge < -0.3 is 10.3 Å². The predicted molar refractivity (Wildman–Crippen MR) is 77.3 cm³/mol. The molecule has 98 valence electrons. The first-order valence-electron chi connectivity index (χ1n) is 6.83. The molecule has 1 atom stereocenters. The molecular weight excluding hydrogens is 236 g/mol. The van der Waals surface area contributed by atoms with E-state index in [1.54, 1.807) is 0 Å². The zero-order chi connectivity index (χ0) is 13.1. The van der Waals surface area contributed by atoms with E-state index in [0.29, 0.717) is 5.92 Å². The van der Waals surface area contributed by atoms with E-state index in [1.165, 1.54) is 18.4 Å². The van der Waals surface area contributed by atoms with Crippen molar-refractivity contribution >= 4 is 0 Å². The third kappa shape index (κ3) is 2.61. The van der Waals surface area contributed by atoms with Crippen LogP contribution in [-0.4, -0.2) is 18.1 Å². The van der Waals surface area contributed by atoms with Gasteiger partial charge in [0.2, 0.25) is 0 Å². The number of aromatic amines is 1. The SMILES string of the molecule is O=c1[nH]cc(C2CCCNC2)cc1-c1ccccc1. The van der Waals surface area contributed by atoms with Crippen molar-refractivity contribution < 1.29 is 0 Å². The van der Waals surface area contributed by atoms with E-state index in [1.807, 2.05) is 42.6 Å². The van der Waals surface area contributed by atoms with Crippen molar-refractivity contribution in [3.63, 3.8) is 0 Å². The van der Waals surface area contributed by atoms with Crippen molar-refractivity contribution in [3.05, 3.63) is 58.5 Å². The monoisotopic (exact) mass is 254 g/mol. The minimum Gasteiger partial charge on any atom is -0.328 e. The maximum atomic E-state index is 12.0. The first-order valence-corrected chi connectivity index (χ1v) is 6.83. The summed E-state index contributed by atoms with van der Waals surface area (Å²) in [5, 5.41) is 3.42. The van der Waals surface area contributed by atoms with Gasteiger partial charge in [-0.05, 0) is 42.5 Å². The normalized spacial score (nSPS) is 19.3. The molecule has 0 bridgehead atoms. The van der Waals surface area contributed by atoms with Crippen LogP contribution in [0.4, 0.5) is 0 Å². The van der Waals surface area contributed by atoms with Gasteiger partial charge in [-0.2, -0.15) is 0 Å². The van der Waals surface area contributed by atoms with Crippen LogP contribution in [0, 0.1) is 0 Å². The van der Waals surface area contributed by atoms with E-state index in [-0.39, 0.29) is 5.56 Å². The molecule has 19 heavy (non-hydrogen) atoms. The molecule has 1 aromatic carbocycles. The number of H-pyrrole nitrogens is 1. The third-order valence-electron chi connectivity index (χ3n) is 3.78. The zero-order valence-corrected chi connectivity index (χ0v) is 10.9. The molecule has 1 aliphatic rings. The summed E-state index contributed by atoms with van der Waals surface area (Å²) in [6.45, 7) is 2.10. The average Bonchev–Trinajstić information content (AvgIpc) is 2.49. The van der Waals surface area contributed by atoms with Crippen LogP contribution in [0.3, 0.4) is 0 Å². The highest BCUT2D eigenvalue weighted by Gasteiger charge is 2.16. The molecular formula is C16H18N2O. The number of aromatic nitrogens is 1. The summed E-state index contributed by atoms with van der Waals surface area (Å²) in [5.41, 5.74) is 2.96. The third-order valence-corrected chi connectivity index (χ3v) is 3.78. The molecule has 0 saturated carbocycles. The van der Waals surface area contributed by atoms with E-state index in [2.05, 4.69) is 10.3 Å². The molecule has 2 aromatic rings. The lowest BCUT2D eigenvalue weighted by molar-refractivity contribution is 0.461. The Bertz CT molecular complexity index is 598. The lowest BCUT2D eigenvalue weighted by Gasteiger charge is -2.23. The molecule has 2 N–H and O–H groups in total. The summed E-state index contributed by atoms with van der Waals surface area (Å²) < 4.78 is 0. The average molecular weight is 254 g/mol. The number of rotatable bonds is 2. The molecule has 0 radical (unpaired) electrons. The molecule has 0 spiro atoms. The first-order chi connectivity index (χ1) is 9.34. The van der Waals surface area contributed by atoms with Crippen LogP contribution in [0.15, 0.2) is 47.4 Å². The van der Waals surface area contributed by atoms with Gasteiger partial charge in [0.1, 0.15) is 0 Å². The van der Waals surface area contributed by atoms with Crippen LogP contribution in [0.25, 0.3) is 11.1 Å². The van der Waals surface area contributed by atoms with Crippen molar-refractivity contribution in [2.75, 3.05) is 13.1 Å². The minimum absolute atomic E-state index is 0.0151. The summed E-state index contributed by atoms with van der Waals surface area (Å²) >= 11 is 0. The number of hydrogen-bond donors (Lipinski definition) is 2. The Balaban J connectivity index is 1.98. The van der Waals surface area contributed by atoms with Gasteiger partial charge in [-0.1, -0.05) is 30.3 Å². The highest BCUT2D eigenvalue weighted by Crippen LogP contribution is 2.25. The highest BCUT2D eigenvalue weighted by atomic mass is 16.1. The standard InChI is InChI=1S/C16H18N2O/c19-16-15(12-5-2-1-3-6-12)9-14(11-18-16)13-7-4-8-17-10-13/h1-3,5-6,9,11,13,17H,4,7-8,10H2,(H,18,19). The van der Waals surface area contributed by atoms with Gasteiger partial charge in [0.05, 0.1) is 0 Å². The Hall–Kier alpha value is -1.87. The minimum atomic E-state index is -0.0151. The van der Waals surface area contributed by atoms with Crippen molar-refractivity contribution in [2.45, 2.75) is 18.8 Å². The molecule has 3 rings (SSSR count). The maximum absolute atomic E-state index is 12.0. The number of benzene rings is 1. The molecule has 3 nitrogen and oxygen atoms in total. The Morgan fingerprint density at radius 1 is 1.16 bits per heavy atom. The van der Waals surface area contributed by atoms with E-state index >= 15 is 0 Å². The van der Waals surface area contributed by atoms with Gasteiger partial charge in [0, 0.05) is 18.3 Å². The van der Waals surface area contributed by atoms with Crippen LogP contribution in [0.2, 0.25) is 0 Å². The quantitative estimate of drug-likeness (QED) is 0.865. The Labute approximate surface area is 112 Å². The van der Waals surface area contributed by atoms with Crippen molar-refractivity contribution in [1.29, 1.82) is 0 Å². The van der Waals surface area contributed by atoms with Gasteiger partial charge in [-0.25, -0.2) is 0 Å². The fourth-order valence-corrected chi connectivity index (χ4v) is 2.70. The van der Waals surface area contributed by atoms with Gasteiger partial charge in [-0.15, -0.1) is 0 Å². The summed E-state index contributed by atoms with van der Waals surface area (Å²) in [4.78, 5) is 14.9. The van der Waals surface area contributed by atoms with Gasteiger partial charge in [0.15, 0.2) is 0 Å². The maximum Gasteiger partial charge on any atom is 0.255 e. The molecule has 1 saturated heterocycles. The number of nitrogens with one attached hydrogen (secondary N) is 2. The fraction of sp³-hybridized carbons (Fsp3) is 0.312. The highest BCUT2D eigenvalue weighted by molar-refractivity contribution is 5.62. The van der Waals surface area contributed by atoms with Gasteiger partial charge in [-0.3, -0.25) is 4.79 Å². The number of hydrogen-bond acceptors (Lipinski definition) is 2. The van der Waals surface area contributed by atoms with E-state index < -0.39 is 0 Å². The molecule has 3 heteroatoms. The van der Waals surface area contributed by atoms with E-state index in [9.17, 15) is 4.79 Å². The summed E-state index contributed by atoms with van der Waals surface area (Å²) in [5.74, 6) is 0.507. The molecule has 0 aliphatic carbocycles. The Kier molecular flexibility index (Phi) is 3.47. The summed E-state index contributed by atoms with van der Waals surface area (Å²) in [6, 6.07) is 11.9. The first kappa shape index (κ1) is 12.2. The zero-order valence-electron chi connectivity index (χ0n) is 10.9. The summed E-state index contributed by atoms with van der Waals surface area (Å²) in [6.07, 6.45) is 4.25. The Morgan fingerprint density at radius 2 is 2.00 bits per heavy atom. The van der Waals surface area contributed by atoms with Crippen molar-refractivity contribution in [1.82, 2.24) is 10.3 Å². The molecule has 0 amide bonds. The van der Waals surface area contributed by atoms with Gasteiger partial charge >= 0.3 is 0 Å². The topological polar surface area (TPSA) is 44.9 Å². The van der Waals surface area contributed by atoms with Crippen molar-refractivity contribution in [3.8, 4) is 11.1 Å². The van der Waals surface area contributed by atoms with E-state index in [4.69, 9.17) is 0 Å². The van der Waals surface area contributed by atoms with Crippen molar-refractivity contribution in [2.24, 2.45) is 0 Å². The second-order valence-corrected chi connectivity index (χ2v) is 5.09. The largest absolute Gasteiger partial charge is 0.328 e. The van der Waals surface area contributed by atoms with E-state index in [0.717, 1.165) is 24.2 Å². The second kappa shape index (κ2) is 5.41. The number of piperidine rings is 1. The Morgan fingerprint density at radius 3 is 2.74 bits per heavy atom. The van der Waals surface area contributed by atoms with Crippen LogP contribution in [0.1, 0.15) is 24.3 Å². The molecule has 1 unspecified atom stereocenters. The van der Waals surface area contributed by atoms with Crippen LogP contribution in [-0.2, 0) is 0 Å². The lowest BCUT2D eigenvalue weighted by atomic mass is 9.91. The fourth-order valence-electron chi connectivity index (χ4n) is 2.70. The van der Waals surface area contributed by atoms with Crippen LogP contribution >= 0.6 is 0 Å². The molecule has 1 fully saturated rings.